The van der Waals surface area contributed by atoms with Crippen molar-refractivity contribution in [2.75, 3.05) is 6.54 Å². The van der Waals surface area contributed by atoms with Gasteiger partial charge in [-0.05, 0) is 32.6 Å². The van der Waals surface area contributed by atoms with Gasteiger partial charge < -0.3 is 11.1 Å². The lowest BCUT2D eigenvalue weighted by Crippen LogP contribution is -2.41. The third-order valence-electron chi connectivity index (χ3n) is 2.87. The SMILES string of the molecule is Cc1nc(C)c(C(=O)NC(CN)C2CC2)s1. The molecule has 1 saturated carbocycles. The van der Waals surface area contributed by atoms with Crippen LogP contribution in [0, 0.1) is 19.8 Å². The minimum absolute atomic E-state index is 0.0227. The van der Waals surface area contributed by atoms with Gasteiger partial charge in [0.2, 0.25) is 0 Å². The third-order valence-corrected chi connectivity index (χ3v) is 3.94. The molecule has 16 heavy (non-hydrogen) atoms. The number of nitrogens with one attached hydrogen (secondary N) is 1. The van der Waals surface area contributed by atoms with Gasteiger partial charge in [-0.15, -0.1) is 11.3 Å². The van der Waals surface area contributed by atoms with E-state index in [1.807, 2.05) is 13.8 Å². The first kappa shape index (κ1) is 11.5. The highest BCUT2D eigenvalue weighted by Gasteiger charge is 2.31. The van der Waals surface area contributed by atoms with Crippen molar-refractivity contribution in [2.24, 2.45) is 11.7 Å². The maximum absolute atomic E-state index is 12.0. The molecule has 1 amide bonds. The second-order valence-corrected chi connectivity index (χ2v) is 5.50. The highest BCUT2D eigenvalue weighted by atomic mass is 32.1. The van der Waals surface area contributed by atoms with Gasteiger partial charge in [0.25, 0.3) is 5.91 Å². The molecule has 2 rings (SSSR count). The molecule has 0 radical (unpaired) electrons. The van der Waals surface area contributed by atoms with Crippen molar-refractivity contribution >= 4 is 17.2 Å². The number of rotatable bonds is 4. The molecule has 0 bridgehead atoms. The lowest BCUT2D eigenvalue weighted by Gasteiger charge is -2.15. The molecule has 88 valence electrons. The van der Waals surface area contributed by atoms with E-state index >= 15 is 0 Å². The molecular formula is C11H17N3OS. The molecular weight excluding hydrogens is 222 g/mol. The molecule has 1 heterocycles. The van der Waals surface area contributed by atoms with E-state index in [0.717, 1.165) is 15.6 Å². The van der Waals surface area contributed by atoms with E-state index in [-0.39, 0.29) is 11.9 Å². The molecule has 1 unspecified atom stereocenters. The molecule has 4 nitrogen and oxygen atoms in total. The zero-order chi connectivity index (χ0) is 11.7. The quantitative estimate of drug-likeness (QED) is 0.830. The maximum Gasteiger partial charge on any atom is 0.263 e. The molecule has 0 aromatic carbocycles. The Balaban J connectivity index is 2.04. The summed E-state index contributed by atoms with van der Waals surface area (Å²) >= 11 is 1.44. The normalized spacial score (nSPS) is 17.2. The van der Waals surface area contributed by atoms with Crippen LogP contribution in [0.2, 0.25) is 0 Å². The molecule has 1 aromatic heterocycles. The zero-order valence-electron chi connectivity index (χ0n) is 9.62. The Kier molecular flexibility index (Phi) is 3.25. The number of hydrogen-bond donors (Lipinski definition) is 2. The minimum atomic E-state index is -0.0227. The smallest absolute Gasteiger partial charge is 0.263 e. The fraction of sp³-hybridized carbons (Fsp3) is 0.636. The monoisotopic (exact) mass is 239 g/mol. The van der Waals surface area contributed by atoms with E-state index in [9.17, 15) is 4.79 Å². The average molecular weight is 239 g/mol. The molecule has 0 spiro atoms. The van der Waals surface area contributed by atoms with Crippen molar-refractivity contribution < 1.29 is 4.79 Å². The largest absolute Gasteiger partial charge is 0.347 e. The second kappa shape index (κ2) is 4.51. The van der Waals surface area contributed by atoms with Gasteiger partial charge in [0.1, 0.15) is 4.88 Å². The topological polar surface area (TPSA) is 68.0 Å². The van der Waals surface area contributed by atoms with Crippen LogP contribution in [-0.2, 0) is 0 Å². The summed E-state index contributed by atoms with van der Waals surface area (Å²) in [6.07, 6.45) is 2.37. The van der Waals surface area contributed by atoms with Crippen LogP contribution < -0.4 is 11.1 Å². The second-order valence-electron chi connectivity index (χ2n) is 4.30. The third kappa shape index (κ3) is 2.41. The molecule has 0 saturated heterocycles. The summed E-state index contributed by atoms with van der Waals surface area (Å²) < 4.78 is 0. The highest BCUT2D eigenvalue weighted by molar-refractivity contribution is 7.13. The lowest BCUT2D eigenvalue weighted by molar-refractivity contribution is 0.0937. The van der Waals surface area contributed by atoms with Gasteiger partial charge in [0.15, 0.2) is 0 Å². The molecule has 1 aliphatic rings. The van der Waals surface area contributed by atoms with Crippen LogP contribution in [0.5, 0.6) is 0 Å². The number of carbonyl (C=O) groups excluding carboxylic acids is 1. The Labute approximate surface area is 99.3 Å². The fourth-order valence-electron chi connectivity index (χ4n) is 1.84. The van der Waals surface area contributed by atoms with Crippen molar-refractivity contribution in [3.8, 4) is 0 Å². The van der Waals surface area contributed by atoms with E-state index in [4.69, 9.17) is 5.73 Å². The number of thiazole rings is 1. The van der Waals surface area contributed by atoms with Gasteiger partial charge in [0, 0.05) is 12.6 Å². The molecule has 1 aromatic rings. The number of aromatic nitrogens is 1. The van der Waals surface area contributed by atoms with Crippen LogP contribution in [0.15, 0.2) is 0 Å². The summed E-state index contributed by atoms with van der Waals surface area (Å²) in [5, 5.41) is 3.93. The van der Waals surface area contributed by atoms with Crippen LogP contribution >= 0.6 is 11.3 Å². The first-order valence-electron chi connectivity index (χ1n) is 5.56. The first-order chi connectivity index (χ1) is 7.61. The molecule has 3 N–H and O–H groups in total. The summed E-state index contributed by atoms with van der Waals surface area (Å²) in [4.78, 5) is 17.0. The Bertz CT molecular complexity index is 398. The number of hydrogen-bond acceptors (Lipinski definition) is 4. The van der Waals surface area contributed by atoms with E-state index in [1.165, 1.54) is 24.2 Å². The predicted molar refractivity (Wildman–Crippen MR) is 64.6 cm³/mol. The van der Waals surface area contributed by atoms with Crippen LogP contribution in [0.1, 0.15) is 33.2 Å². The summed E-state index contributed by atoms with van der Waals surface area (Å²) in [5.74, 6) is 0.564. The van der Waals surface area contributed by atoms with Crippen LogP contribution in [-0.4, -0.2) is 23.5 Å². The molecule has 1 aliphatic carbocycles. The predicted octanol–water partition coefficient (Wildman–Crippen LogP) is 1.23. The number of carbonyl (C=O) groups is 1. The minimum Gasteiger partial charge on any atom is -0.347 e. The Morgan fingerprint density at radius 2 is 2.31 bits per heavy atom. The number of aryl methyl sites for hydroxylation is 2. The number of amides is 1. The van der Waals surface area contributed by atoms with Gasteiger partial charge in [0.05, 0.1) is 10.7 Å². The molecule has 1 fully saturated rings. The van der Waals surface area contributed by atoms with Crippen molar-refractivity contribution in [1.82, 2.24) is 10.3 Å². The van der Waals surface area contributed by atoms with Crippen molar-refractivity contribution in [1.29, 1.82) is 0 Å². The maximum atomic E-state index is 12.0. The highest BCUT2D eigenvalue weighted by Crippen LogP contribution is 2.32. The zero-order valence-corrected chi connectivity index (χ0v) is 10.4. The lowest BCUT2D eigenvalue weighted by atomic mass is 10.2. The van der Waals surface area contributed by atoms with Gasteiger partial charge in [-0.2, -0.15) is 0 Å². The van der Waals surface area contributed by atoms with Crippen LogP contribution in [0.25, 0.3) is 0 Å². The van der Waals surface area contributed by atoms with E-state index < -0.39 is 0 Å². The van der Waals surface area contributed by atoms with E-state index in [0.29, 0.717) is 12.5 Å². The summed E-state index contributed by atoms with van der Waals surface area (Å²) in [6, 6.07) is 0.134. The summed E-state index contributed by atoms with van der Waals surface area (Å²) in [6.45, 7) is 4.30. The fourth-order valence-corrected chi connectivity index (χ4v) is 2.67. The molecule has 0 aliphatic heterocycles. The van der Waals surface area contributed by atoms with Crippen molar-refractivity contribution in [2.45, 2.75) is 32.7 Å². The van der Waals surface area contributed by atoms with Gasteiger partial charge in [-0.3, -0.25) is 4.79 Å². The first-order valence-corrected chi connectivity index (χ1v) is 6.38. The van der Waals surface area contributed by atoms with Crippen molar-refractivity contribution in [3.05, 3.63) is 15.6 Å². The van der Waals surface area contributed by atoms with Gasteiger partial charge in [-0.1, -0.05) is 0 Å². The standard InChI is InChI=1S/C11H17N3OS/c1-6-10(16-7(2)13-6)11(15)14-9(5-12)8-3-4-8/h8-9H,3-5,12H2,1-2H3,(H,14,15). The Morgan fingerprint density at radius 3 is 2.75 bits per heavy atom. The number of nitrogens with zero attached hydrogens (tertiary/aromatic N) is 1. The Hall–Kier alpha value is -0.940. The number of nitrogens with two attached hydrogens (primary N) is 1. The van der Waals surface area contributed by atoms with E-state index in [2.05, 4.69) is 10.3 Å². The molecule has 5 heteroatoms. The van der Waals surface area contributed by atoms with E-state index in [1.54, 1.807) is 0 Å². The average Bonchev–Trinajstić information content (AvgIpc) is 3.01. The summed E-state index contributed by atoms with van der Waals surface area (Å²) in [7, 11) is 0. The van der Waals surface area contributed by atoms with Crippen LogP contribution in [0.4, 0.5) is 0 Å². The van der Waals surface area contributed by atoms with Gasteiger partial charge in [-0.25, -0.2) is 4.98 Å². The van der Waals surface area contributed by atoms with Crippen LogP contribution in [0.3, 0.4) is 0 Å². The summed E-state index contributed by atoms with van der Waals surface area (Å²) in [5.41, 5.74) is 6.47. The Morgan fingerprint density at radius 1 is 1.62 bits per heavy atom. The van der Waals surface area contributed by atoms with Crippen molar-refractivity contribution in [3.63, 3.8) is 0 Å². The molecule has 1 atom stereocenters. The van der Waals surface area contributed by atoms with Gasteiger partial charge >= 0.3 is 0 Å².